The van der Waals surface area contributed by atoms with E-state index in [1.54, 1.807) is 0 Å². The number of hydrogen-bond donors (Lipinski definition) is 4. The van der Waals surface area contributed by atoms with Crippen molar-refractivity contribution in [2.75, 3.05) is 19.8 Å². The summed E-state index contributed by atoms with van der Waals surface area (Å²) in [7, 11) is 0. The molecule has 0 spiro atoms. The van der Waals surface area contributed by atoms with Crippen LogP contribution in [0.4, 0.5) is 4.79 Å². The first-order valence-electron chi connectivity index (χ1n) is 10.4. The number of aliphatic hydroxyl groups excluding tert-OH is 1. The third kappa shape index (κ3) is 4.44. The Morgan fingerprint density at radius 2 is 1.69 bits per heavy atom. The van der Waals surface area contributed by atoms with Crippen LogP contribution in [-0.4, -0.2) is 66.2 Å². The number of fused-ring (bicyclic) bond motifs is 3. The summed E-state index contributed by atoms with van der Waals surface area (Å²) < 4.78 is 10.9. The number of carboxylic acid groups (broad SMARTS) is 1. The van der Waals surface area contributed by atoms with E-state index in [9.17, 15) is 19.5 Å². The van der Waals surface area contributed by atoms with Gasteiger partial charge in [-0.2, -0.15) is 0 Å². The molecule has 1 fully saturated rings. The highest BCUT2D eigenvalue weighted by Crippen LogP contribution is 2.44. The van der Waals surface area contributed by atoms with Crippen molar-refractivity contribution in [2.24, 2.45) is 0 Å². The number of aliphatic carboxylic acids is 1. The molecule has 2 aromatic carbocycles. The molecule has 4 rings (SSSR count). The second-order valence-corrected chi connectivity index (χ2v) is 7.76. The molecule has 32 heavy (non-hydrogen) atoms. The lowest BCUT2D eigenvalue weighted by Crippen LogP contribution is -2.50. The average molecular weight is 440 g/mol. The lowest BCUT2D eigenvalue weighted by atomic mass is 9.98. The van der Waals surface area contributed by atoms with Crippen LogP contribution < -0.4 is 10.6 Å². The van der Waals surface area contributed by atoms with E-state index in [1.807, 2.05) is 36.4 Å². The molecule has 1 aliphatic heterocycles. The number of nitrogens with one attached hydrogen (secondary N) is 2. The molecular weight excluding hydrogens is 416 g/mol. The smallest absolute Gasteiger partial charge is 0.407 e. The van der Waals surface area contributed by atoms with Crippen LogP contribution in [0.2, 0.25) is 0 Å². The molecule has 1 aliphatic carbocycles. The Labute approximate surface area is 184 Å². The Bertz CT molecular complexity index is 979. The summed E-state index contributed by atoms with van der Waals surface area (Å²) in [5.41, 5.74) is 4.45. The molecule has 9 nitrogen and oxygen atoms in total. The van der Waals surface area contributed by atoms with Gasteiger partial charge in [0.2, 0.25) is 0 Å². The van der Waals surface area contributed by atoms with Crippen LogP contribution >= 0.6 is 0 Å². The minimum atomic E-state index is -1.71. The largest absolute Gasteiger partial charge is 0.479 e. The van der Waals surface area contributed by atoms with Gasteiger partial charge in [0.05, 0.1) is 12.6 Å². The molecule has 1 saturated heterocycles. The van der Waals surface area contributed by atoms with Crippen molar-refractivity contribution >= 4 is 18.0 Å². The van der Waals surface area contributed by atoms with Gasteiger partial charge in [0.1, 0.15) is 6.61 Å². The fourth-order valence-corrected chi connectivity index (χ4v) is 4.17. The average Bonchev–Trinajstić information content (AvgIpc) is 3.38. The van der Waals surface area contributed by atoms with E-state index >= 15 is 0 Å². The van der Waals surface area contributed by atoms with Gasteiger partial charge in [0.25, 0.3) is 5.91 Å². The molecule has 2 amide bonds. The van der Waals surface area contributed by atoms with E-state index in [4.69, 9.17) is 14.6 Å². The van der Waals surface area contributed by atoms with Crippen molar-refractivity contribution < 1.29 is 34.1 Å². The first-order valence-corrected chi connectivity index (χ1v) is 10.4. The van der Waals surface area contributed by atoms with E-state index < -0.39 is 42.8 Å². The summed E-state index contributed by atoms with van der Waals surface area (Å²) in [4.78, 5) is 35.4. The van der Waals surface area contributed by atoms with Gasteiger partial charge < -0.3 is 30.3 Å². The highest BCUT2D eigenvalue weighted by Gasteiger charge is 2.36. The van der Waals surface area contributed by atoms with Crippen molar-refractivity contribution in [3.63, 3.8) is 0 Å². The fraction of sp³-hybridized carbons (Fsp3) is 0.348. The number of carbonyl (C=O) groups is 3. The Balaban J connectivity index is 1.34. The molecule has 9 heteroatoms. The fourth-order valence-electron chi connectivity index (χ4n) is 4.17. The van der Waals surface area contributed by atoms with Gasteiger partial charge in [-0.1, -0.05) is 48.5 Å². The zero-order valence-electron chi connectivity index (χ0n) is 17.2. The van der Waals surface area contributed by atoms with E-state index in [0.717, 1.165) is 22.3 Å². The highest BCUT2D eigenvalue weighted by molar-refractivity contribution is 5.84. The Hall–Kier alpha value is -3.43. The summed E-state index contributed by atoms with van der Waals surface area (Å²) in [5, 5.41) is 23.0. The molecule has 4 N–H and O–H groups in total. The van der Waals surface area contributed by atoms with Crippen LogP contribution in [0.3, 0.4) is 0 Å². The van der Waals surface area contributed by atoms with Crippen molar-refractivity contribution in [1.82, 2.24) is 10.6 Å². The van der Waals surface area contributed by atoms with Crippen LogP contribution in [0.25, 0.3) is 11.1 Å². The number of alkyl carbamates (subject to hydrolysis) is 1. The molecule has 2 aromatic rings. The van der Waals surface area contributed by atoms with Crippen LogP contribution in [0.15, 0.2) is 48.5 Å². The minimum Gasteiger partial charge on any atom is -0.479 e. The van der Waals surface area contributed by atoms with Gasteiger partial charge in [-0.3, -0.25) is 4.79 Å². The van der Waals surface area contributed by atoms with Gasteiger partial charge in [-0.25, -0.2) is 9.59 Å². The van der Waals surface area contributed by atoms with E-state index in [2.05, 4.69) is 22.8 Å². The van der Waals surface area contributed by atoms with Crippen LogP contribution in [-0.2, 0) is 19.1 Å². The Kier molecular flexibility index (Phi) is 6.38. The number of aliphatic hydroxyl groups is 1. The molecule has 1 heterocycles. The lowest BCUT2D eigenvalue weighted by molar-refractivity contribution is -0.146. The number of hydrogen-bond acceptors (Lipinski definition) is 6. The number of rotatable bonds is 7. The summed E-state index contributed by atoms with van der Waals surface area (Å²) >= 11 is 0. The molecule has 0 bridgehead atoms. The topological polar surface area (TPSA) is 134 Å². The number of carbonyl (C=O) groups excluding carboxylic acids is 2. The minimum absolute atomic E-state index is 0.0791. The normalized spacial score (nSPS) is 20.2. The standard InChI is InChI=1S/C23H24N2O7/c26-19(22(28)29)11-24-21(27)20-18(9-10-31-20)25-23(30)32-12-17-15-7-3-1-5-13(15)14-6-2-4-8-16(14)17/h1-8,17-20,26H,9-12H2,(H,24,27)(H,25,30)(H,28,29). The van der Waals surface area contributed by atoms with Crippen LogP contribution in [0.5, 0.6) is 0 Å². The zero-order chi connectivity index (χ0) is 22.7. The Morgan fingerprint density at radius 1 is 1.06 bits per heavy atom. The van der Waals surface area contributed by atoms with Crippen molar-refractivity contribution in [1.29, 1.82) is 0 Å². The van der Waals surface area contributed by atoms with Crippen LogP contribution in [0.1, 0.15) is 23.5 Å². The van der Waals surface area contributed by atoms with Gasteiger partial charge in [0, 0.05) is 12.5 Å². The number of amides is 2. The first-order chi connectivity index (χ1) is 15.5. The second-order valence-electron chi connectivity index (χ2n) is 7.76. The molecule has 168 valence electrons. The molecule has 2 aliphatic rings. The second kappa shape index (κ2) is 9.37. The lowest BCUT2D eigenvalue weighted by Gasteiger charge is -2.20. The van der Waals surface area contributed by atoms with Crippen molar-refractivity contribution in [2.45, 2.75) is 30.6 Å². The zero-order valence-corrected chi connectivity index (χ0v) is 17.2. The maximum absolute atomic E-state index is 12.5. The predicted octanol–water partition coefficient (Wildman–Crippen LogP) is 1.24. The Morgan fingerprint density at radius 3 is 2.31 bits per heavy atom. The SMILES string of the molecule is O=C(NC1CCOC1C(=O)NCC(O)C(=O)O)OCC1c2ccccc2-c2ccccc21. The third-order valence-corrected chi connectivity index (χ3v) is 5.75. The van der Waals surface area contributed by atoms with Gasteiger partial charge in [-0.15, -0.1) is 0 Å². The summed E-state index contributed by atoms with van der Waals surface area (Å²) in [5.74, 6) is -2.12. The van der Waals surface area contributed by atoms with Crippen LogP contribution in [0, 0.1) is 0 Å². The van der Waals surface area contributed by atoms with Crippen molar-refractivity contribution in [3.05, 3.63) is 59.7 Å². The van der Waals surface area contributed by atoms with Gasteiger partial charge >= 0.3 is 12.1 Å². The van der Waals surface area contributed by atoms with Crippen molar-refractivity contribution in [3.8, 4) is 11.1 Å². The number of benzene rings is 2. The summed E-state index contributed by atoms with van der Waals surface area (Å²) in [6, 6.07) is 15.4. The summed E-state index contributed by atoms with van der Waals surface area (Å²) in [6.07, 6.45) is -2.96. The molecule has 3 atom stereocenters. The maximum Gasteiger partial charge on any atom is 0.407 e. The molecule has 0 saturated carbocycles. The molecule has 0 aromatic heterocycles. The van der Waals surface area contributed by atoms with E-state index in [-0.39, 0.29) is 19.1 Å². The van der Waals surface area contributed by atoms with E-state index in [1.165, 1.54) is 0 Å². The first kappa shape index (κ1) is 21.8. The number of carboxylic acids is 1. The highest BCUT2D eigenvalue weighted by atomic mass is 16.6. The molecular formula is C23H24N2O7. The third-order valence-electron chi connectivity index (χ3n) is 5.75. The van der Waals surface area contributed by atoms with Gasteiger partial charge in [0.15, 0.2) is 12.2 Å². The predicted molar refractivity (Wildman–Crippen MR) is 113 cm³/mol. The maximum atomic E-state index is 12.5. The molecule has 3 unspecified atom stereocenters. The van der Waals surface area contributed by atoms with E-state index in [0.29, 0.717) is 6.42 Å². The van der Waals surface area contributed by atoms with Gasteiger partial charge in [-0.05, 0) is 28.7 Å². The number of ether oxygens (including phenoxy) is 2. The monoisotopic (exact) mass is 440 g/mol. The molecule has 0 radical (unpaired) electrons. The summed E-state index contributed by atoms with van der Waals surface area (Å²) in [6.45, 7) is -0.0469. The quantitative estimate of drug-likeness (QED) is 0.509.